The van der Waals surface area contributed by atoms with Gasteiger partial charge >= 0.3 is 0 Å². The molecule has 1 aromatic rings. The zero-order chi connectivity index (χ0) is 9.26. The molecule has 0 fully saturated rings. The Balaban J connectivity index is 2.25. The fourth-order valence-corrected chi connectivity index (χ4v) is 2.24. The second-order valence-electron chi connectivity index (χ2n) is 3.61. The summed E-state index contributed by atoms with van der Waals surface area (Å²) in [6.45, 7) is 0. The molecule has 0 aromatic carbocycles. The molecule has 0 aliphatic heterocycles. The van der Waals surface area contributed by atoms with Crippen LogP contribution in [0, 0.1) is 0 Å². The van der Waals surface area contributed by atoms with E-state index in [1.165, 1.54) is 30.5 Å². The van der Waals surface area contributed by atoms with Crippen molar-refractivity contribution in [2.75, 3.05) is 5.33 Å². The van der Waals surface area contributed by atoms with Crippen LogP contribution >= 0.6 is 15.9 Å². The number of aliphatic hydroxyl groups excluding tert-OH is 1. The lowest BCUT2D eigenvalue weighted by atomic mass is 9.98. The van der Waals surface area contributed by atoms with Crippen LogP contribution in [-0.4, -0.2) is 15.4 Å². The maximum atomic E-state index is 9.60. The van der Waals surface area contributed by atoms with E-state index >= 15 is 0 Å². The summed E-state index contributed by atoms with van der Waals surface area (Å²) < 4.78 is 0. The number of hydrogen-bond donors (Lipinski definition) is 2. The molecule has 0 radical (unpaired) electrons. The smallest absolute Gasteiger partial charge is 0.103 e. The predicted octanol–water partition coefficient (Wildman–Crippen LogP) is 2.32. The number of alkyl halides is 1. The number of nitrogens with one attached hydrogen (secondary N) is 1. The van der Waals surface area contributed by atoms with E-state index in [1.807, 2.05) is 0 Å². The fraction of sp³-hybridized carbons (Fsp3) is 0.600. The summed E-state index contributed by atoms with van der Waals surface area (Å²) in [7, 11) is 0. The van der Waals surface area contributed by atoms with Crippen molar-refractivity contribution >= 4 is 15.9 Å². The lowest BCUT2D eigenvalue weighted by Crippen LogP contribution is -2.00. The Hall–Kier alpha value is -0.280. The van der Waals surface area contributed by atoms with Crippen LogP contribution in [0.3, 0.4) is 0 Å². The van der Waals surface area contributed by atoms with Crippen LogP contribution in [0.1, 0.15) is 35.9 Å². The summed E-state index contributed by atoms with van der Waals surface area (Å²) in [6, 6.07) is 2.11. The second-order valence-corrected chi connectivity index (χ2v) is 4.25. The van der Waals surface area contributed by atoms with Gasteiger partial charge in [0.2, 0.25) is 0 Å². The van der Waals surface area contributed by atoms with E-state index in [9.17, 15) is 5.11 Å². The molecule has 0 amide bonds. The summed E-state index contributed by atoms with van der Waals surface area (Å²) >= 11 is 3.27. The van der Waals surface area contributed by atoms with Gasteiger partial charge in [-0.1, -0.05) is 15.9 Å². The largest absolute Gasteiger partial charge is 0.386 e. The van der Waals surface area contributed by atoms with E-state index in [0.717, 1.165) is 12.1 Å². The van der Waals surface area contributed by atoms with E-state index in [4.69, 9.17) is 0 Å². The Morgan fingerprint density at radius 1 is 1.46 bits per heavy atom. The molecule has 0 spiro atoms. The molecule has 1 aliphatic rings. The average molecular weight is 244 g/mol. The first-order chi connectivity index (χ1) is 6.31. The number of fused-ring (bicyclic) bond motifs is 1. The monoisotopic (exact) mass is 243 g/mol. The van der Waals surface area contributed by atoms with Crippen molar-refractivity contribution in [3.05, 3.63) is 23.0 Å². The van der Waals surface area contributed by atoms with Gasteiger partial charge in [0, 0.05) is 16.7 Å². The van der Waals surface area contributed by atoms with Crippen molar-refractivity contribution in [2.45, 2.75) is 31.8 Å². The number of halogens is 1. The van der Waals surface area contributed by atoms with Crippen LogP contribution in [0.2, 0.25) is 0 Å². The maximum absolute atomic E-state index is 9.60. The number of rotatable bonds is 2. The third-order valence-corrected chi connectivity index (χ3v) is 3.25. The van der Waals surface area contributed by atoms with E-state index in [0.29, 0.717) is 5.33 Å². The molecule has 3 heteroatoms. The van der Waals surface area contributed by atoms with Gasteiger partial charge in [0.25, 0.3) is 0 Å². The van der Waals surface area contributed by atoms with Gasteiger partial charge in [0.15, 0.2) is 0 Å². The predicted molar refractivity (Wildman–Crippen MR) is 56.2 cm³/mol. The maximum Gasteiger partial charge on any atom is 0.103 e. The third-order valence-electron chi connectivity index (χ3n) is 2.64. The van der Waals surface area contributed by atoms with Crippen molar-refractivity contribution in [1.82, 2.24) is 4.98 Å². The number of hydrogen-bond acceptors (Lipinski definition) is 1. The van der Waals surface area contributed by atoms with Gasteiger partial charge in [-0.2, -0.15) is 0 Å². The summed E-state index contributed by atoms with van der Waals surface area (Å²) in [6.07, 6.45) is 4.49. The molecular weight excluding hydrogens is 230 g/mol. The molecule has 2 nitrogen and oxygen atoms in total. The number of H-pyrrole nitrogens is 1. The zero-order valence-electron chi connectivity index (χ0n) is 7.52. The summed E-state index contributed by atoms with van der Waals surface area (Å²) in [4.78, 5) is 3.30. The van der Waals surface area contributed by atoms with Gasteiger partial charge < -0.3 is 10.1 Å². The van der Waals surface area contributed by atoms with Crippen LogP contribution in [0.5, 0.6) is 0 Å². The molecule has 1 atom stereocenters. The van der Waals surface area contributed by atoms with E-state index in [1.54, 1.807) is 0 Å². The second kappa shape index (κ2) is 3.84. The topological polar surface area (TPSA) is 36.0 Å². The van der Waals surface area contributed by atoms with Crippen molar-refractivity contribution in [3.8, 4) is 0 Å². The lowest BCUT2D eigenvalue weighted by Gasteiger charge is -2.09. The quantitative estimate of drug-likeness (QED) is 0.769. The number of aromatic nitrogens is 1. The zero-order valence-corrected chi connectivity index (χ0v) is 9.10. The molecule has 72 valence electrons. The average Bonchev–Trinajstić information content (AvgIpc) is 2.59. The number of aromatic amines is 1. The van der Waals surface area contributed by atoms with Crippen LogP contribution in [0.25, 0.3) is 0 Å². The van der Waals surface area contributed by atoms with Crippen molar-refractivity contribution in [2.24, 2.45) is 0 Å². The standard InChI is InChI=1S/C10H14BrNO/c11-6-10(13)9-5-7-3-1-2-4-8(7)12-9/h5,10,12-13H,1-4,6H2. The van der Waals surface area contributed by atoms with Crippen LogP contribution in [0.15, 0.2) is 6.07 Å². The van der Waals surface area contributed by atoms with E-state index in [-0.39, 0.29) is 6.10 Å². The molecule has 1 aliphatic carbocycles. The molecule has 0 saturated heterocycles. The molecule has 0 saturated carbocycles. The van der Waals surface area contributed by atoms with Gasteiger partial charge in [-0.05, 0) is 37.3 Å². The van der Waals surface area contributed by atoms with E-state index in [2.05, 4.69) is 27.0 Å². The highest BCUT2D eigenvalue weighted by Gasteiger charge is 2.15. The van der Waals surface area contributed by atoms with Gasteiger partial charge in [0.1, 0.15) is 6.10 Å². The molecule has 2 rings (SSSR count). The molecule has 0 bridgehead atoms. The van der Waals surface area contributed by atoms with Crippen LogP contribution in [0.4, 0.5) is 0 Å². The SMILES string of the molecule is OC(CBr)c1cc2c([nH]1)CCCC2. The minimum atomic E-state index is -0.384. The molecule has 13 heavy (non-hydrogen) atoms. The van der Waals surface area contributed by atoms with Crippen molar-refractivity contribution in [1.29, 1.82) is 0 Å². The number of aryl methyl sites for hydroxylation is 2. The molecular formula is C10H14BrNO. The first kappa shape index (κ1) is 9.28. The Morgan fingerprint density at radius 2 is 2.23 bits per heavy atom. The van der Waals surface area contributed by atoms with Gasteiger partial charge in [0.05, 0.1) is 0 Å². The Labute approximate surface area is 86.5 Å². The first-order valence-electron chi connectivity index (χ1n) is 4.76. The van der Waals surface area contributed by atoms with Crippen LogP contribution in [-0.2, 0) is 12.8 Å². The summed E-state index contributed by atoms with van der Waals surface area (Å²) in [5, 5.41) is 10.2. The normalized spacial score (nSPS) is 18.3. The highest BCUT2D eigenvalue weighted by Crippen LogP contribution is 2.24. The Bertz CT molecular complexity index is 272. The highest BCUT2D eigenvalue weighted by molar-refractivity contribution is 9.09. The Morgan fingerprint density at radius 3 is 2.92 bits per heavy atom. The lowest BCUT2D eigenvalue weighted by molar-refractivity contribution is 0.201. The van der Waals surface area contributed by atoms with Crippen LogP contribution < -0.4 is 0 Å². The third kappa shape index (κ3) is 1.81. The first-order valence-corrected chi connectivity index (χ1v) is 5.88. The molecule has 2 N–H and O–H groups in total. The highest BCUT2D eigenvalue weighted by atomic mass is 79.9. The molecule has 1 aromatic heterocycles. The minimum absolute atomic E-state index is 0.384. The summed E-state index contributed by atoms with van der Waals surface area (Å²) in [5.41, 5.74) is 3.70. The number of aliphatic hydroxyl groups is 1. The van der Waals surface area contributed by atoms with Crippen molar-refractivity contribution < 1.29 is 5.11 Å². The Kier molecular flexibility index (Phi) is 2.74. The van der Waals surface area contributed by atoms with Crippen molar-refractivity contribution in [3.63, 3.8) is 0 Å². The fourth-order valence-electron chi connectivity index (χ4n) is 1.89. The van der Waals surface area contributed by atoms with Gasteiger partial charge in [-0.15, -0.1) is 0 Å². The molecule has 1 heterocycles. The van der Waals surface area contributed by atoms with Gasteiger partial charge in [-0.3, -0.25) is 0 Å². The van der Waals surface area contributed by atoms with E-state index < -0.39 is 0 Å². The van der Waals surface area contributed by atoms with Gasteiger partial charge in [-0.25, -0.2) is 0 Å². The minimum Gasteiger partial charge on any atom is -0.386 e. The molecule has 1 unspecified atom stereocenters. The summed E-state index contributed by atoms with van der Waals surface area (Å²) in [5.74, 6) is 0.